The first kappa shape index (κ1) is 9.96. The molecule has 0 radical (unpaired) electrons. The molecule has 12 heavy (non-hydrogen) atoms. The molecule has 1 heterocycles. The molecule has 1 aliphatic heterocycles. The number of ether oxygens (including phenoxy) is 2. The molecule has 0 aromatic rings. The third-order valence-corrected chi connectivity index (χ3v) is 2.53. The Kier molecular flexibility index (Phi) is 3.98. The van der Waals surface area contributed by atoms with Gasteiger partial charge in [-0.15, -0.1) is 0 Å². The first-order valence-corrected chi connectivity index (χ1v) is 4.72. The van der Waals surface area contributed by atoms with Crippen LogP contribution in [0.1, 0.15) is 26.7 Å². The van der Waals surface area contributed by atoms with Gasteiger partial charge in [0.05, 0.1) is 13.2 Å². The van der Waals surface area contributed by atoms with Crippen LogP contribution in [0.15, 0.2) is 0 Å². The molecule has 72 valence electrons. The zero-order valence-electron chi connectivity index (χ0n) is 7.95. The van der Waals surface area contributed by atoms with E-state index in [1.165, 1.54) is 0 Å². The molecule has 1 aliphatic rings. The van der Waals surface area contributed by atoms with Crippen LogP contribution in [0.5, 0.6) is 0 Å². The van der Waals surface area contributed by atoms with Gasteiger partial charge >= 0.3 is 0 Å². The van der Waals surface area contributed by atoms with E-state index < -0.39 is 0 Å². The summed E-state index contributed by atoms with van der Waals surface area (Å²) in [6.45, 7) is 5.76. The summed E-state index contributed by atoms with van der Waals surface area (Å²) < 4.78 is 10.6. The van der Waals surface area contributed by atoms with Gasteiger partial charge in [0, 0.05) is 12.5 Å². The Labute approximate surface area is 74.2 Å². The van der Waals surface area contributed by atoms with Crippen molar-refractivity contribution >= 4 is 0 Å². The average molecular weight is 173 g/mol. The lowest BCUT2D eigenvalue weighted by molar-refractivity contribution is -0.0534. The van der Waals surface area contributed by atoms with Crippen LogP contribution >= 0.6 is 0 Å². The van der Waals surface area contributed by atoms with Crippen LogP contribution in [0.3, 0.4) is 0 Å². The summed E-state index contributed by atoms with van der Waals surface area (Å²) in [6, 6.07) is 0.207. The topological polar surface area (TPSA) is 44.5 Å². The fraction of sp³-hybridized carbons (Fsp3) is 1.00. The Morgan fingerprint density at radius 1 is 1.42 bits per heavy atom. The first-order valence-electron chi connectivity index (χ1n) is 4.72. The molecule has 2 N–H and O–H groups in total. The standard InChI is InChI=1S/C9H19NO2/c1-3-7(2)8(10)6-9-11-4-5-12-9/h7-9H,3-6,10H2,1-2H3. The van der Waals surface area contributed by atoms with Gasteiger partial charge in [0.2, 0.25) is 0 Å². The molecule has 0 amide bonds. The maximum atomic E-state index is 5.95. The second-order valence-electron chi connectivity index (χ2n) is 3.46. The van der Waals surface area contributed by atoms with E-state index in [4.69, 9.17) is 15.2 Å². The van der Waals surface area contributed by atoms with Crippen molar-refractivity contribution in [2.45, 2.75) is 39.0 Å². The quantitative estimate of drug-likeness (QED) is 0.693. The molecule has 0 aromatic carbocycles. The van der Waals surface area contributed by atoms with Crippen molar-refractivity contribution in [3.8, 4) is 0 Å². The van der Waals surface area contributed by atoms with Crippen molar-refractivity contribution < 1.29 is 9.47 Å². The van der Waals surface area contributed by atoms with E-state index in [0.717, 1.165) is 26.1 Å². The van der Waals surface area contributed by atoms with Crippen molar-refractivity contribution in [3.63, 3.8) is 0 Å². The summed E-state index contributed by atoms with van der Waals surface area (Å²) in [5.74, 6) is 0.554. The number of hydrogen-bond acceptors (Lipinski definition) is 3. The lowest BCUT2D eigenvalue weighted by atomic mass is 9.97. The first-order chi connectivity index (χ1) is 5.74. The molecule has 3 heteroatoms. The van der Waals surface area contributed by atoms with Crippen LogP contribution in [-0.2, 0) is 9.47 Å². The second kappa shape index (κ2) is 4.80. The fourth-order valence-corrected chi connectivity index (χ4v) is 1.30. The molecule has 0 aromatic heterocycles. The molecular formula is C9H19NO2. The van der Waals surface area contributed by atoms with Gasteiger partial charge in [0.1, 0.15) is 0 Å². The number of hydrogen-bond donors (Lipinski definition) is 1. The van der Waals surface area contributed by atoms with E-state index in [0.29, 0.717) is 5.92 Å². The number of nitrogens with two attached hydrogens (primary N) is 1. The summed E-state index contributed by atoms with van der Waals surface area (Å²) >= 11 is 0. The highest BCUT2D eigenvalue weighted by atomic mass is 16.7. The SMILES string of the molecule is CCC(C)C(N)CC1OCCO1. The Hall–Kier alpha value is -0.120. The summed E-state index contributed by atoms with van der Waals surface area (Å²) in [7, 11) is 0. The normalized spacial score (nSPS) is 24.2. The molecule has 3 nitrogen and oxygen atoms in total. The van der Waals surface area contributed by atoms with E-state index in [1.807, 2.05) is 0 Å². The van der Waals surface area contributed by atoms with Crippen molar-refractivity contribution in [1.29, 1.82) is 0 Å². The van der Waals surface area contributed by atoms with E-state index in [9.17, 15) is 0 Å². The van der Waals surface area contributed by atoms with Gasteiger partial charge in [-0.1, -0.05) is 20.3 Å². The highest BCUT2D eigenvalue weighted by molar-refractivity contribution is 4.70. The lowest BCUT2D eigenvalue weighted by Gasteiger charge is -2.20. The third-order valence-electron chi connectivity index (χ3n) is 2.53. The zero-order valence-corrected chi connectivity index (χ0v) is 7.95. The summed E-state index contributed by atoms with van der Waals surface area (Å²) in [6.07, 6.45) is 1.90. The Bertz CT molecular complexity index is 124. The summed E-state index contributed by atoms with van der Waals surface area (Å²) in [5, 5.41) is 0. The van der Waals surface area contributed by atoms with Crippen molar-refractivity contribution in [2.24, 2.45) is 11.7 Å². The Morgan fingerprint density at radius 2 is 2.00 bits per heavy atom. The number of rotatable bonds is 4. The molecule has 2 unspecified atom stereocenters. The van der Waals surface area contributed by atoms with E-state index in [-0.39, 0.29) is 12.3 Å². The van der Waals surface area contributed by atoms with Gasteiger partial charge in [-0.3, -0.25) is 0 Å². The molecule has 0 bridgehead atoms. The van der Waals surface area contributed by atoms with Gasteiger partial charge in [-0.05, 0) is 5.92 Å². The molecule has 0 saturated carbocycles. The van der Waals surface area contributed by atoms with Gasteiger partial charge in [-0.2, -0.15) is 0 Å². The molecular weight excluding hydrogens is 154 g/mol. The van der Waals surface area contributed by atoms with E-state index >= 15 is 0 Å². The van der Waals surface area contributed by atoms with Gasteiger partial charge < -0.3 is 15.2 Å². The van der Waals surface area contributed by atoms with Crippen molar-refractivity contribution in [2.75, 3.05) is 13.2 Å². The van der Waals surface area contributed by atoms with Crippen LogP contribution < -0.4 is 5.73 Å². The van der Waals surface area contributed by atoms with Crippen LogP contribution in [0, 0.1) is 5.92 Å². The van der Waals surface area contributed by atoms with Crippen LogP contribution in [0.4, 0.5) is 0 Å². The largest absolute Gasteiger partial charge is 0.350 e. The minimum Gasteiger partial charge on any atom is -0.350 e. The average Bonchev–Trinajstić information content (AvgIpc) is 2.55. The minimum absolute atomic E-state index is 0.0472. The molecule has 1 fully saturated rings. The second-order valence-corrected chi connectivity index (χ2v) is 3.46. The third kappa shape index (κ3) is 2.73. The monoisotopic (exact) mass is 173 g/mol. The maximum Gasteiger partial charge on any atom is 0.159 e. The van der Waals surface area contributed by atoms with Crippen LogP contribution in [-0.4, -0.2) is 25.5 Å². The molecule has 0 aliphatic carbocycles. The minimum atomic E-state index is -0.0472. The molecule has 0 spiro atoms. The predicted molar refractivity (Wildman–Crippen MR) is 47.7 cm³/mol. The Balaban J connectivity index is 2.19. The zero-order chi connectivity index (χ0) is 8.97. The molecule has 1 rings (SSSR count). The van der Waals surface area contributed by atoms with Crippen molar-refractivity contribution in [3.05, 3.63) is 0 Å². The van der Waals surface area contributed by atoms with Gasteiger partial charge in [-0.25, -0.2) is 0 Å². The van der Waals surface area contributed by atoms with Crippen LogP contribution in [0.2, 0.25) is 0 Å². The fourth-order valence-electron chi connectivity index (χ4n) is 1.30. The summed E-state index contributed by atoms with van der Waals surface area (Å²) in [5.41, 5.74) is 5.95. The predicted octanol–water partition coefficient (Wildman–Crippen LogP) is 1.12. The smallest absolute Gasteiger partial charge is 0.159 e. The van der Waals surface area contributed by atoms with Gasteiger partial charge in [0.15, 0.2) is 6.29 Å². The highest BCUT2D eigenvalue weighted by Gasteiger charge is 2.21. The lowest BCUT2D eigenvalue weighted by Crippen LogP contribution is -2.32. The van der Waals surface area contributed by atoms with Gasteiger partial charge in [0.25, 0.3) is 0 Å². The maximum absolute atomic E-state index is 5.95. The van der Waals surface area contributed by atoms with E-state index in [1.54, 1.807) is 0 Å². The van der Waals surface area contributed by atoms with Crippen LogP contribution in [0.25, 0.3) is 0 Å². The molecule has 1 saturated heterocycles. The van der Waals surface area contributed by atoms with E-state index in [2.05, 4.69) is 13.8 Å². The van der Waals surface area contributed by atoms with Crippen molar-refractivity contribution in [1.82, 2.24) is 0 Å². The summed E-state index contributed by atoms with van der Waals surface area (Å²) in [4.78, 5) is 0. The molecule has 2 atom stereocenters. The Morgan fingerprint density at radius 3 is 2.50 bits per heavy atom. The highest BCUT2D eigenvalue weighted by Crippen LogP contribution is 2.15.